The van der Waals surface area contributed by atoms with Crippen molar-refractivity contribution in [1.29, 1.82) is 0 Å². The topological polar surface area (TPSA) is 59.6 Å². The van der Waals surface area contributed by atoms with Gasteiger partial charge in [-0.1, -0.05) is 0 Å². The van der Waals surface area contributed by atoms with E-state index in [1.165, 1.54) is 19.2 Å². The average Bonchev–Trinajstić information content (AvgIpc) is 2.36. The number of amides is 1. The molecule has 0 aliphatic carbocycles. The molecule has 1 amide bonds. The lowest BCUT2D eigenvalue weighted by atomic mass is 10.1. The van der Waals surface area contributed by atoms with Crippen molar-refractivity contribution in [2.45, 2.75) is 12.5 Å². The van der Waals surface area contributed by atoms with Gasteiger partial charge in [-0.05, 0) is 6.42 Å². The van der Waals surface area contributed by atoms with Crippen molar-refractivity contribution in [2.24, 2.45) is 0 Å². The molecular weight excluding hydrogens is 239 g/mol. The van der Waals surface area contributed by atoms with Crippen LogP contribution in [0, 0.1) is 5.82 Å². The molecule has 0 spiro atoms. The largest absolute Gasteiger partial charge is 0.494 e. The number of carbonyl (C=O) groups is 1. The molecule has 2 N–H and O–H groups in total. The van der Waals surface area contributed by atoms with E-state index in [1.54, 1.807) is 7.11 Å². The van der Waals surface area contributed by atoms with Crippen molar-refractivity contribution in [2.75, 3.05) is 31.5 Å². The molecule has 98 valence electrons. The predicted molar refractivity (Wildman–Crippen MR) is 65.5 cm³/mol. The maximum absolute atomic E-state index is 13.5. The number of benzene rings is 1. The summed E-state index contributed by atoms with van der Waals surface area (Å²) in [6.07, 6.45) is 0.543. The van der Waals surface area contributed by atoms with Crippen molar-refractivity contribution in [1.82, 2.24) is 0 Å². The number of ether oxygens (including phenoxy) is 2. The predicted octanol–water partition coefficient (Wildman–Crippen LogP) is 1.60. The highest BCUT2D eigenvalue weighted by Gasteiger charge is 2.26. The van der Waals surface area contributed by atoms with E-state index in [0.717, 1.165) is 0 Å². The van der Waals surface area contributed by atoms with Crippen LogP contribution in [0.15, 0.2) is 12.1 Å². The molecule has 1 aliphatic heterocycles. The summed E-state index contributed by atoms with van der Waals surface area (Å²) in [7, 11) is 2.97. The lowest BCUT2D eigenvalue weighted by molar-refractivity contribution is -0.117. The SMILES string of the molecule is COCCC1Nc2cc(OC)c(F)cc2NC1=O. The van der Waals surface area contributed by atoms with Crippen LogP contribution in [-0.4, -0.2) is 32.8 Å². The van der Waals surface area contributed by atoms with Crippen molar-refractivity contribution in [3.8, 4) is 5.75 Å². The summed E-state index contributed by atoms with van der Waals surface area (Å²) in [4.78, 5) is 11.7. The first-order chi connectivity index (χ1) is 8.65. The lowest BCUT2D eigenvalue weighted by Crippen LogP contribution is -2.39. The summed E-state index contributed by atoms with van der Waals surface area (Å²) in [6, 6.07) is 2.39. The smallest absolute Gasteiger partial charge is 0.247 e. The molecule has 18 heavy (non-hydrogen) atoms. The highest BCUT2D eigenvalue weighted by atomic mass is 19.1. The van der Waals surface area contributed by atoms with Crippen LogP contribution >= 0.6 is 0 Å². The molecule has 1 aromatic rings. The van der Waals surface area contributed by atoms with E-state index in [-0.39, 0.29) is 17.7 Å². The maximum Gasteiger partial charge on any atom is 0.247 e. The van der Waals surface area contributed by atoms with Gasteiger partial charge in [0.1, 0.15) is 6.04 Å². The molecule has 0 saturated carbocycles. The molecule has 0 radical (unpaired) electrons. The molecule has 1 unspecified atom stereocenters. The highest BCUT2D eigenvalue weighted by molar-refractivity contribution is 6.03. The molecule has 1 aromatic carbocycles. The van der Waals surface area contributed by atoms with Gasteiger partial charge >= 0.3 is 0 Å². The summed E-state index contributed by atoms with van der Waals surface area (Å²) >= 11 is 0. The fourth-order valence-corrected chi connectivity index (χ4v) is 1.84. The van der Waals surface area contributed by atoms with Gasteiger partial charge < -0.3 is 20.1 Å². The third-order valence-electron chi connectivity index (χ3n) is 2.81. The Balaban J connectivity index is 2.23. The van der Waals surface area contributed by atoms with Gasteiger partial charge in [-0.2, -0.15) is 0 Å². The van der Waals surface area contributed by atoms with Gasteiger partial charge in [-0.15, -0.1) is 0 Å². The Labute approximate surface area is 104 Å². The molecule has 1 heterocycles. The number of rotatable bonds is 4. The summed E-state index contributed by atoms with van der Waals surface area (Å²) in [6.45, 7) is 0.471. The lowest BCUT2D eigenvalue weighted by Gasteiger charge is -2.27. The Morgan fingerprint density at radius 1 is 1.33 bits per heavy atom. The van der Waals surface area contributed by atoms with Crippen molar-refractivity contribution >= 4 is 17.3 Å². The van der Waals surface area contributed by atoms with E-state index in [4.69, 9.17) is 9.47 Å². The van der Waals surface area contributed by atoms with Crippen LogP contribution in [0.2, 0.25) is 0 Å². The minimum absolute atomic E-state index is 0.142. The van der Waals surface area contributed by atoms with E-state index in [9.17, 15) is 9.18 Å². The molecule has 0 aromatic heterocycles. The first-order valence-corrected chi connectivity index (χ1v) is 5.59. The van der Waals surface area contributed by atoms with Gasteiger partial charge in [0.15, 0.2) is 11.6 Å². The van der Waals surface area contributed by atoms with E-state index in [1.807, 2.05) is 0 Å². The molecule has 1 aliphatic rings. The van der Waals surface area contributed by atoms with Crippen LogP contribution in [0.4, 0.5) is 15.8 Å². The zero-order chi connectivity index (χ0) is 13.1. The van der Waals surface area contributed by atoms with Gasteiger partial charge in [0, 0.05) is 25.8 Å². The fourth-order valence-electron chi connectivity index (χ4n) is 1.84. The van der Waals surface area contributed by atoms with Crippen LogP contribution < -0.4 is 15.4 Å². The molecule has 2 rings (SSSR count). The summed E-state index contributed by atoms with van der Waals surface area (Å²) in [5, 5.41) is 5.70. The van der Waals surface area contributed by atoms with Gasteiger partial charge in [-0.25, -0.2) is 4.39 Å². The third-order valence-corrected chi connectivity index (χ3v) is 2.81. The Morgan fingerprint density at radius 2 is 2.11 bits per heavy atom. The molecule has 0 saturated heterocycles. The highest BCUT2D eigenvalue weighted by Crippen LogP contribution is 2.33. The number of anilines is 2. The molecule has 0 fully saturated rings. The zero-order valence-electron chi connectivity index (χ0n) is 10.2. The monoisotopic (exact) mass is 254 g/mol. The number of carbonyl (C=O) groups excluding carboxylic acids is 1. The molecule has 5 nitrogen and oxygen atoms in total. The summed E-state index contributed by atoms with van der Waals surface area (Å²) in [5.41, 5.74) is 1.07. The van der Waals surface area contributed by atoms with Gasteiger partial charge in [0.05, 0.1) is 18.5 Å². The second-order valence-electron chi connectivity index (χ2n) is 4.00. The zero-order valence-corrected chi connectivity index (χ0v) is 10.2. The molecule has 6 heteroatoms. The Hall–Kier alpha value is -1.82. The van der Waals surface area contributed by atoms with Gasteiger partial charge in [0.25, 0.3) is 0 Å². The van der Waals surface area contributed by atoms with Crippen LogP contribution in [0.1, 0.15) is 6.42 Å². The van der Waals surface area contributed by atoms with E-state index >= 15 is 0 Å². The molecular formula is C12H15FN2O3. The Kier molecular flexibility index (Phi) is 3.66. The van der Waals surface area contributed by atoms with Crippen molar-refractivity contribution in [3.05, 3.63) is 17.9 Å². The van der Waals surface area contributed by atoms with Crippen molar-refractivity contribution < 1.29 is 18.7 Å². The summed E-state index contributed by atoms with van der Waals surface area (Å²) < 4.78 is 23.3. The van der Waals surface area contributed by atoms with Crippen LogP contribution in [0.25, 0.3) is 0 Å². The summed E-state index contributed by atoms with van der Waals surface area (Å²) in [5.74, 6) is -0.555. The number of methoxy groups -OCH3 is 2. The fraction of sp³-hybridized carbons (Fsp3) is 0.417. The van der Waals surface area contributed by atoms with E-state index in [0.29, 0.717) is 24.4 Å². The van der Waals surface area contributed by atoms with Crippen molar-refractivity contribution in [3.63, 3.8) is 0 Å². The van der Waals surface area contributed by atoms with Gasteiger partial charge in [-0.3, -0.25) is 4.79 Å². The maximum atomic E-state index is 13.5. The second kappa shape index (κ2) is 5.22. The number of hydrogen-bond acceptors (Lipinski definition) is 4. The Bertz CT molecular complexity index is 465. The van der Waals surface area contributed by atoms with Crippen LogP contribution in [0.5, 0.6) is 5.75 Å². The number of halogens is 1. The first-order valence-electron chi connectivity index (χ1n) is 5.59. The van der Waals surface area contributed by atoms with Crippen LogP contribution in [-0.2, 0) is 9.53 Å². The quantitative estimate of drug-likeness (QED) is 0.857. The minimum Gasteiger partial charge on any atom is -0.494 e. The molecule has 0 bridgehead atoms. The molecule has 1 atom stereocenters. The number of hydrogen-bond donors (Lipinski definition) is 2. The van der Waals surface area contributed by atoms with Crippen LogP contribution in [0.3, 0.4) is 0 Å². The minimum atomic E-state index is -0.506. The Morgan fingerprint density at radius 3 is 2.78 bits per heavy atom. The average molecular weight is 254 g/mol. The first kappa shape index (κ1) is 12.6. The van der Waals surface area contributed by atoms with E-state index < -0.39 is 5.82 Å². The second-order valence-corrected chi connectivity index (χ2v) is 4.00. The standard InChI is InChI=1S/C12H15FN2O3/c1-17-4-3-8-12(16)15-9-5-7(13)11(18-2)6-10(9)14-8/h5-6,8,14H,3-4H2,1-2H3,(H,15,16). The van der Waals surface area contributed by atoms with Gasteiger partial charge in [0.2, 0.25) is 5.91 Å². The number of nitrogens with one attached hydrogen (secondary N) is 2. The third kappa shape index (κ3) is 2.38. The van der Waals surface area contributed by atoms with E-state index in [2.05, 4.69) is 10.6 Å². The number of fused-ring (bicyclic) bond motifs is 1. The normalized spacial score (nSPS) is 17.7.